The van der Waals surface area contributed by atoms with Crippen LogP contribution in [0.2, 0.25) is 0 Å². The lowest BCUT2D eigenvalue weighted by atomic mass is 9.97. The molecule has 7 heteroatoms. The van der Waals surface area contributed by atoms with Crippen molar-refractivity contribution in [2.45, 2.75) is 34.1 Å². The van der Waals surface area contributed by atoms with E-state index in [-0.39, 0.29) is 23.7 Å². The van der Waals surface area contributed by atoms with Crippen LogP contribution < -0.4 is 5.32 Å². The molecule has 1 aromatic heterocycles. The quantitative estimate of drug-likeness (QED) is 0.794. The molecule has 1 atom stereocenters. The van der Waals surface area contributed by atoms with Crippen LogP contribution in [0.3, 0.4) is 0 Å². The molecule has 2 aromatic rings. The van der Waals surface area contributed by atoms with Gasteiger partial charge in [-0.2, -0.15) is 5.10 Å². The van der Waals surface area contributed by atoms with Gasteiger partial charge in [0.25, 0.3) is 5.91 Å². The van der Waals surface area contributed by atoms with E-state index in [0.29, 0.717) is 6.42 Å². The Morgan fingerprint density at radius 2 is 1.96 bits per heavy atom. The fourth-order valence-electron chi connectivity index (χ4n) is 2.85. The molecule has 0 bridgehead atoms. The monoisotopic (exact) mass is 361 g/mol. The maximum absolute atomic E-state index is 14.4. The smallest absolute Gasteiger partial charge is 0.308 e. The Morgan fingerprint density at radius 1 is 1.27 bits per heavy atom. The molecule has 0 radical (unpaired) electrons. The first-order valence-corrected chi connectivity index (χ1v) is 8.53. The maximum atomic E-state index is 14.4. The predicted molar refractivity (Wildman–Crippen MR) is 95.9 cm³/mol. The van der Waals surface area contributed by atoms with Crippen molar-refractivity contribution < 1.29 is 19.1 Å². The van der Waals surface area contributed by atoms with Gasteiger partial charge in [-0.3, -0.25) is 9.59 Å². The van der Waals surface area contributed by atoms with Crippen LogP contribution >= 0.6 is 0 Å². The van der Waals surface area contributed by atoms with Crippen LogP contribution in [0.5, 0.6) is 0 Å². The lowest BCUT2D eigenvalue weighted by Gasteiger charge is -2.15. The van der Waals surface area contributed by atoms with E-state index < -0.39 is 23.6 Å². The molecule has 6 nitrogen and oxygen atoms in total. The van der Waals surface area contributed by atoms with Crippen molar-refractivity contribution >= 4 is 11.9 Å². The fraction of sp³-hybridized carbons (Fsp3) is 0.421. The number of aryl methyl sites for hydroxylation is 2. The number of carboxylic acids is 1. The molecule has 1 heterocycles. The lowest BCUT2D eigenvalue weighted by Crippen LogP contribution is -2.33. The van der Waals surface area contributed by atoms with Gasteiger partial charge in [0.2, 0.25) is 0 Å². The Morgan fingerprint density at radius 3 is 2.46 bits per heavy atom. The molecule has 0 saturated heterocycles. The number of carboxylic acid groups (broad SMARTS) is 1. The fourth-order valence-corrected chi connectivity index (χ4v) is 2.85. The van der Waals surface area contributed by atoms with Crippen LogP contribution in [0, 0.1) is 31.5 Å². The number of benzene rings is 1. The minimum absolute atomic E-state index is 0.00712. The second-order valence-corrected chi connectivity index (χ2v) is 6.88. The second kappa shape index (κ2) is 8.12. The third kappa shape index (κ3) is 4.68. The van der Waals surface area contributed by atoms with Crippen LogP contribution in [0.4, 0.5) is 4.39 Å². The molecule has 2 rings (SSSR count). The molecule has 140 valence electrons. The summed E-state index contributed by atoms with van der Waals surface area (Å²) in [5.41, 5.74) is 1.96. The number of rotatable bonds is 7. The first-order chi connectivity index (χ1) is 12.2. The van der Waals surface area contributed by atoms with Crippen LogP contribution in [0.1, 0.15) is 42.0 Å². The van der Waals surface area contributed by atoms with E-state index in [1.54, 1.807) is 0 Å². The molecule has 1 unspecified atom stereocenters. The molecule has 0 saturated carbocycles. The Labute approximate surface area is 152 Å². The first kappa shape index (κ1) is 19.6. The molecule has 1 amide bonds. The van der Waals surface area contributed by atoms with Gasteiger partial charge in [0.15, 0.2) is 0 Å². The molecule has 0 spiro atoms. The van der Waals surface area contributed by atoms with Gasteiger partial charge in [0, 0.05) is 17.8 Å². The number of aliphatic carboxylic acids is 1. The van der Waals surface area contributed by atoms with Gasteiger partial charge in [-0.15, -0.1) is 0 Å². The number of halogens is 1. The summed E-state index contributed by atoms with van der Waals surface area (Å²) in [6, 6.07) is 5.97. The number of nitrogens with zero attached hydrogens (tertiary/aromatic N) is 2. The highest BCUT2D eigenvalue weighted by atomic mass is 19.1. The number of carbonyl (C=O) groups is 2. The topological polar surface area (TPSA) is 84.2 Å². The van der Waals surface area contributed by atoms with E-state index in [1.807, 2.05) is 33.8 Å². The van der Waals surface area contributed by atoms with Gasteiger partial charge in [-0.05, 0) is 50.5 Å². The van der Waals surface area contributed by atoms with E-state index in [0.717, 1.165) is 17.5 Å². The number of amides is 1. The van der Waals surface area contributed by atoms with Gasteiger partial charge in [-0.25, -0.2) is 9.07 Å². The van der Waals surface area contributed by atoms with Crippen LogP contribution in [-0.2, 0) is 4.79 Å². The zero-order valence-corrected chi connectivity index (χ0v) is 15.4. The van der Waals surface area contributed by atoms with Gasteiger partial charge in [0.05, 0.1) is 11.6 Å². The lowest BCUT2D eigenvalue weighted by molar-refractivity contribution is -0.142. The highest BCUT2D eigenvalue weighted by Gasteiger charge is 2.20. The van der Waals surface area contributed by atoms with Crippen LogP contribution in [0.25, 0.3) is 5.69 Å². The third-order valence-corrected chi connectivity index (χ3v) is 4.06. The standard InChI is InChI=1S/C19H24FN3O3/c1-11(2)7-15(19(25)26)10-21-18(24)14-5-6-17(16(20)9-14)23-13(4)8-12(3)22-23/h5-6,8-9,11,15H,7,10H2,1-4H3,(H,21,24)(H,25,26). The summed E-state index contributed by atoms with van der Waals surface area (Å²) in [6.45, 7) is 7.49. The molecule has 0 fully saturated rings. The second-order valence-electron chi connectivity index (χ2n) is 6.88. The van der Waals surface area contributed by atoms with E-state index in [1.165, 1.54) is 16.8 Å². The van der Waals surface area contributed by atoms with E-state index in [2.05, 4.69) is 10.4 Å². The number of nitrogens with one attached hydrogen (secondary N) is 1. The largest absolute Gasteiger partial charge is 0.481 e. The van der Waals surface area contributed by atoms with Crippen molar-refractivity contribution in [1.82, 2.24) is 15.1 Å². The molecule has 0 aliphatic heterocycles. The minimum atomic E-state index is -0.954. The van der Waals surface area contributed by atoms with Crippen molar-refractivity contribution in [3.05, 3.63) is 47.0 Å². The molecule has 1 aromatic carbocycles. The van der Waals surface area contributed by atoms with Crippen LogP contribution in [-0.4, -0.2) is 33.3 Å². The third-order valence-electron chi connectivity index (χ3n) is 4.06. The Bertz CT molecular complexity index is 814. The molecule has 26 heavy (non-hydrogen) atoms. The average Bonchev–Trinajstić information content (AvgIpc) is 2.88. The molecule has 2 N–H and O–H groups in total. The number of carbonyl (C=O) groups excluding carboxylic acids is 1. The van der Waals surface area contributed by atoms with Gasteiger partial charge in [-0.1, -0.05) is 13.8 Å². The molecular weight excluding hydrogens is 337 g/mol. The zero-order valence-electron chi connectivity index (χ0n) is 15.4. The number of aromatic nitrogens is 2. The molecule has 0 aliphatic carbocycles. The van der Waals surface area contributed by atoms with Gasteiger partial charge in [0.1, 0.15) is 11.5 Å². The van der Waals surface area contributed by atoms with Crippen molar-refractivity contribution in [2.24, 2.45) is 11.8 Å². The zero-order chi connectivity index (χ0) is 19.4. The number of hydrogen-bond acceptors (Lipinski definition) is 3. The predicted octanol–water partition coefficient (Wildman–Crippen LogP) is 3.10. The maximum Gasteiger partial charge on any atom is 0.308 e. The van der Waals surface area contributed by atoms with E-state index >= 15 is 0 Å². The minimum Gasteiger partial charge on any atom is -0.481 e. The Balaban J connectivity index is 2.12. The van der Waals surface area contributed by atoms with Gasteiger partial charge < -0.3 is 10.4 Å². The van der Waals surface area contributed by atoms with Crippen molar-refractivity contribution in [3.63, 3.8) is 0 Å². The summed E-state index contributed by atoms with van der Waals surface area (Å²) in [5.74, 6) is -2.49. The summed E-state index contributed by atoms with van der Waals surface area (Å²) in [5, 5.41) is 16.0. The average molecular weight is 361 g/mol. The van der Waals surface area contributed by atoms with Crippen LogP contribution in [0.15, 0.2) is 24.3 Å². The number of hydrogen-bond donors (Lipinski definition) is 2. The van der Waals surface area contributed by atoms with Crippen molar-refractivity contribution in [2.75, 3.05) is 6.54 Å². The molecule has 0 aliphatic rings. The highest BCUT2D eigenvalue weighted by Crippen LogP contribution is 2.18. The van der Waals surface area contributed by atoms with Crippen molar-refractivity contribution in [1.29, 1.82) is 0 Å². The summed E-state index contributed by atoms with van der Waals surface area (Å²) < 4.78 is 15.9. The summed E-state index contributed by atoms with van der Waals surface area (Å²) in [7, 11) is 0. The highest BCUT2D eigenvalue weighted by molar-refractivity contribution is 5.94. The molecular formula is C19H24FN3O3. The summed E-state index contributed by atoms with van der Waals surface area (Å²) in [4.78, 5) is 23.5. The Kier molecular flexibility index (Phi) is 6.13. The van der Waals surface area contributed by atoms with Crippen molar-refractivity contribution in [3.8, 4) is 5.69 Å². The van der Waals surface area contributed by atoms with E-state index in [4.69, 9.17) is 0 Å². The van der Waals surface area contributed by atoms with E-state index in [9.17, 15) is 19.1 Å². The van der Waals surface area contributed by atoms with Gasteiger partial charge >= 0.3 is 5.97 Å². The summed E-state index contributed by atoms with van der Waals surface area (Å²) >= 11 is 0. The SMILES string of the molecule is Cc1cc(C)n(-c2ccc(C(=O)NCC(CC(C)C)C(=O)O)cc2F)n1. The first-order valence-electron chi connectivity index (χ1n) is 8.53. The Hall–Kier alpha value is -2.70. The summed E-state index contributed by atoms with van der Waals surface area (Å²) in [6.07, 6.45) is 0.459. The normalized spacial score (nSPS) is 12.2.